The van der Waals surface area contributed by atoms with Gasteiger partial charge < -0.3 is 4.90 Å². The van der Waals surface area contributed by atoms with Crippen LogP contribution < -0.4 is 10.9 Å². The summed E-state index contributed by atoms with van der Waals surface area (Å²) in [4.78, 5) is 11.1. The summed E-state index contributed by atoms with van der Waals surface area (Å²) < 4.78 is 0. The minimum atomic E-state index is 0.178. The van der Waals surface area contributed by atoms with Crippen molar-refractivity contribution in [1.29, 1.82) is 0 Å². The minimum Gasteiger partial charge on any atom is -0.306 e. The molecule has 2 saturated heterocycles. The lowest BCUT2D eigenvalue weighted by molar-refractivity contribution is 0.182. The summed E-state index contributed by atoms with van der Waals surface area (Å²) in [6.07, 6.45) is 5.92. The highest BCUT2D eigenvalue weighted by atomic mass is 35.5. The van der Waals surface area contributed by atoms with E-state index in [0.717, 1.165) is 23.8 Å². The molecule has 3 atom stereocenters. The van der Waals surface area contributed by atoms with Gasteiger partial charge in [0.25, 0.3) is 0 Å². The van der Waals surface area contributed by atoms with Crippen LogP contribution in [-0.2, 0) is 0 Å². The van der Waals surface area contributed by atoms with Crippen LogP contribution in [0.3, 0.4) is 0 Å². The number of aromatic nitrogens is 2. The van der Waals surface area contributed by atoms with E-state index in [4.69, 9.17) is 11.6 Å². The zero-order valence-corrected chi connectivity index (χ0v) is 15.2. The van der Waals surface area contributed by atoms with E-state index in [2.05, 4.69) is 44.9 Å². The van der Waals surface area contributed by atoms with E-state index >= 15 is 0 Å². The zero-order valence-electron chi connectivity index (χ0n) is 14.4. The molecule has 2 fully saturated rings. The average molecular weight is 358 g/mol. The molecule has 1 aromatic carbocycles. The topological polar surface area (TPSA) is 53.1 Å². The third-order valence-corrected chi connectivity index (χ3v) is 5.85. The summed E-state index contributed by atoms with van der Waals surface area (Å²) in [5, 5.41) is 0.764. The quantitative estimate of drug-likeness (QED) is 0.884. The molecule has 4 rings (SSSR count). The van der Waals surface area contributed by atoms with Crippen LogP contribution in [0.15, 0.2) is 42.9 Å². The lowest BCUT2D eigenvalue weighted by atomic mass is 9.77. The minimum absolute atomic E-state index is 0.178. The van der Waals surface area contributed by atoms with Crippen molar-refractivity contribution in [2.75, 3.05) is 20.1 Å². The van der Waals surface area contributed by atoms with Gasteiger partial charge in [0.05, 0.1) is 11.7 Å². The van der Waals surface area contributed by atoms with Crippen molar-refractivity contribution in [1.82, 2.24) is 25.7 Å². The van der Waals surface area contributed by atoms with Crippen molar-refractivity contribution in [2.24, 2.45) is 5.92 Å². The first-order chi connectivity index (χ1) is 12.2. The zero-order chi connectivity index (χ0) is 17.2. The predicted octanol–water partition coefficient (Wildman–Crippen LogP) is 2.77. The third kappa shape index (κ3) is 3.55. The van der Waals surface area contributed by atoms with Crippen LogP contribution in [0.1, 0.15) is 36.1 Å². The number of nitrogens with zero attached hydrogens (tertiary/aromatic N) is 3. The highest BCUT2D eigenvalue weighted by Gasteiger charge is 2.43. The van der Waals surface area contributed by atoms with Gasteiger partial charge in [-0.15, -0.1) is 0 Å². The van der Waals surface area contributed by atoms with Gasteiger partial charge in [-0.2, -0.15) is 0 Å². The monoisotopic (exact) mass is 357 g/mol. The third-order valence-electron chi connectivity index (χ3n) is 5.60. The number of halogens is 1. The number of nitrogens with one attached hydrogen (secondary N) is 2. The number of hydrogen-bond donors (Lipinski definition) is 2. The average Bonchev–Trinajstić information content (AvgIpc) is 3.09. The van der Waals surface area contributed by atoms with Gasteiger partial charge in [0.15, 0.2) is 0 Å². The Morgan fingerprint density at radius 2 is 1.84 bits per heavy atom. The van der Waals surface area contributed by atoms with Gasteiger partial charge in [0, 0.05) is 23.2 Å². The summed E-state index contributed by atoms with van der Waals surface area (Å²) in [6, 6.07) is 10.7. The number of likely N-dealkylation sites (tertiary alicyclic amines) is 1. The van der Waals surface area contributed by atoms with Gasteiger partial charge in [-0.25, -0.2) is 15.4 Å². The number of rotatable bonds is 3. The highest BCUT2D eigenvalue weighted by Crippen LogP contribution is 2.41. The molecule has 3 heterocycles. The Hall–Kier alpha value is -1.53. The van der Waals surface area contributed by atoms with Crippen molar-refractivity contribution in [2.45, 2.75) is 30.8 Å². The molecule has 3 unspecified atom stereocenters. The van der Waals surface area contributed by atoms with Crippen LogP contribution in [0.5, 0.6) is 0 Å². The fraction of sp³-hybridized carbons (Fsp3) is 0.474. The Morgan fingerprint density at radius 3 is 2.52 bits per heavy atom. The second-order valence-electron chi connectivity index (χ2n) is 7.14. The van der Waals surface area contributed by atoms with Gasteiger partial charge >= 0.3 is 0 Å². The molecule has 0 radical (unpaired) electrons. The van der Waals surface area contributed by atoms with E-state index in [1.54, 1.807) is 6.33 Å². The van der Waals surface area contributed by atoms with Gasteiger partial charge in [-0.05, 0) is 62.7 Å². The number of hydrazine groups is 1. The Balaban J connectivity index is 1.64. The van der Waals surface area contributed by atoms with E-state index in [0.29, 0.717) is 12.0 Å². The van der Waals surface area contributed by atoms with Crippen molar-refractivity contribution >= 4 is 11.6 Å². The molecule has 25 heavy (non-hydrogen) atoms. The molecule has 0 bridgehead atoms. The van der Waals surface area contributed by atoms with Crippen molar-refractivity contribution in [3.05, 3.63) is 59.1 Å². The fourth-order valence-corrected chi connectivity index (χ4v) is 4.31. The van der Waals surface area contributed by atoms with Crippen LogP contribution in [0.4, 0.5) is 0 Å². The smallest absolute Gasteiger partial charge is 0.115 e. The maximum atomic E-state index is 6.07. The molecule has 2 aliphatic rings. The first-order valence-corrected chi connectivity index (χ1v) is 9.31. The first-order valence-electron chi connectivity index (χ1n) is 8.93. The van der Waals surface area contributed by atoms with Crippen LogP contribution in [-0.4, -0.2) is 41.0 Å². The van der Waals surface area contributed by atoms with Gasteiger partial charge in [-0.1, -0.05) is 23.7 Å². The SMILES string of the molecule is CN1CCC(C2NNC(c3ccc(Cl)cc3)C2c2ccncn2)CC1. The van der Waals surface area contributed by atoms with Crippen molar-refractivity contribution in [3.63, 3.8) is 0 Å². The molecule has 5 nitrogen and oxygen atoms in total. The maximum absolute atomic E-state index is 6.07. The molecule has 0 amide bonds. The molecule has 132 valence electrons. The second-order valence-corrected chi connectivity index (χ2v) is 7.58. The molecule has 1 aromatic heterocycles. The Labute approximate surface area is 153 Å². The Morgan fingerprint density at radius 1 is 1.08 bits per heavy atom. The van der Waals surface area contributed by atoms with Crippen LogP contribution in [0.2, 0.25) is 5.02 Å². The molecule has 2 N–H and O–H groups in total. The fourth-order valence-electron chi connectivity index (χ4n) is 4.19. The Bertz CT molecular complexity index is 685. The normalized spacial score (nSPS) is 28.3. The van der Waals surface area contributed by atoms with E-state index in [1.165, 1.54) is 18.4 Å². The number of piperidine rings is 1. The van der Waals surface area contributed by atoms with E-state index in [9.17, 15) is 0 Å². The summed E-state index contributed by atoms with van der Waals surface area (Å²) in [5.74, 6) is 0.915. The number of hydrogen-bond acceptors (Lipinski definition) is 5. The van der Waals surface area contributed by atoms with Crippen LogP contribution in [0.25, 0.3) is 0 Å². The number of benzene rings is 1. The summed E-state index contributed by atoms with van der Waals surface area (Å²) in [5.41, 5.74) is 9.45. The highest BCUT2D eigenvalue weighted by molar-refractivity contribution is 6.30. The molecule has 0 spiro atoms. The van der Waals surface area contributed by atoms with Crippen LogP contribution in [0, 0.1) is 5.92 Å². The summed E-state index contributed by atoms with van der Waals surface area (Å²) in [6.45, 7) is 2.32. The van der Waals surface area contributed by atoms with Gasteiger partial charge in [0.2, 0.25) is 0 Å². The van der Waals surface area contributed by atoms with Crippen LogP contribution >= 0.6 is 11.6 Å². The predicted molar refractivity (Wildman–Crippen MR) is 99.2 cm³/mol. The lowest BCUT2D eigenvalue weighted by Crippen LogP contribution is -2.43. The van der Waals surface area contributed by atoms with Gasteiger partial charge in [0.1, 0.15) is 6.33 Å². The van der Waals surface area contributed by atoms with E-state index in [-0.39, 0.29) is 12.0 Å². The first kappa shape index (κ1) is 16.9. The van der Waals surface area contributed by atoms with E-state index in [1.807, 2.05) is 24.4 Å². The molecule has 2 aliphatic heterocycles. The van der Waals surface area contributed by atoms with Crippen molar-refractivity contribution in [3.8, 4) is 0 Å². The molecular formula is C19H24ClN5. The molecule has 6 heteroatoms. The summed E-state index contributed by atoms with van der Waals surface area (Å²) in [7, 11) is 2.20. The molecule has 0 aliphatic carbocycles. The molecule has 2 aromatic rings. The lowest BCUT2D eigenvalue weighted by Gasteiger charge is -2.35. The maximum Gasteiger partial charge on any atom is 0.115 e. The molecule has 0 saturated carbocycles. The van der Waals surface area contributed by atoms with Crippen molar-refractivity contribution < 1.29 is 0 Å². The second kappa shape index (κ2) is 7.38. The van der Waals surface area contributed by atoms with E-state index < -0.39 is 0 Å². The summed E-state index contributed by atoms with van der Waals surface area (Å²) >= 11 is 6.07. The molecular weight excluding hydrogens is 334 g/mol. The standard InChI is InChI=1S/C19H24ClN5/c1-25-10-7-14(8-11-25)19-17(16-6-9-21-12-22-16)18(23-24-19)13-2-4-15(20)5-3-13/h2-6,9,12,14,17-19,23-24H,7-8,10-11H2,1H3. The Kier molecular flexibility index (Phi) is 4.99. The van der Waals surface area contributed by atoms with Gasteiger partial charge in [-0.3, -0.25) is 5.43 Å². The largest absolute Gasteiger partial charge is 0.306 e.